The second-order valence-electron chi connectivity index (χ2n) is 9.25. The van der Waals surface area contributed by atoms with Crippen LogP contribution in [0.3, 0.4) is 0 Å². The number of halogens is 1. The first-order chi connectivity index (χ1) is 17.4. The van der Waals surface area contributed by atoms with Crippen LogP contribution in [0.25, 0.3) is 22.1 Å². The molecule has 36 heavy (non-hydrogen) atoms. The lowest BCUT2D eigenvalue weighted by Gasteiger charge is -2.08. The van der Waals surface area contributed by atoms with Gasteiger partial charge in [0.2, 0.25) is 5.95 Å². The van der Waals surface area contributed by atoms with Gasteiger partial charge in [0.1, 0.15) is 5.82 Å². The molecule has 6 rings (SSSR count). The molecule has 0 bridgehead atoms. The molecule has 4 heterocycles. The van der Waals surface area contributed by atoms with Crippen molar-refractivity contribution in [2.45, 2.75) is 18.9 Å². The Bertz CT molecular complexity index is 1760. The van der Waals surface area contributed by atoms with Gasteiger partial charge in [-0.1, -0.05) is 23.7 Å². The molecule has 1 aromatic carbocycles. The van der Waals surface area contributed by atoms with Crippen molar-refractivity contribution in [3.63, 3.8) is 0 Å². The zero-order chi connectivity index (χ0) is 25.1. The third-order valence-corrected chi connectivity index (χ3v) is 7.23. The maximum absolute atomic E-state index is 13.5. The minimum absolute atomic E-state index is 0.0669. The molecule has 4 aromatic heterocycles. The summed E-state index contributed by atoms with van der Waals surface area (Å²) in [5.41, 5.74) is 2.11. The molecular formula is C25H24ClN7O3. The quantitative estimate of drug-likeness (QED) is 0.326. The first kappa shape index (κ1) is 22.6. The van der Waals surface area contributed by atoms with E-state index < -0.39 is 11.2 Å². The molecule has 0 aliphatic heterocycles. The number of rotatable bonds is 6. The molecule has 5 aromatic rings. The molecule has 2 atom stereocenters. The van der Waals surface area contributed by atoms with Crippen LogP contribution >= 0.6 is 11.6 Å². The Balaban J connectivity index is 1.38. The highest BCUT2D eigenvalue weighted by Gasteiger charge is 2.38. The molecule has 10 nitrogen and oxygen atoms in total. The van der Waals surface area contributed by atoms with Crippen molar-refractivity contribution in [1.29, 1.82) is 0 Å². The number of aromatic nitrogens is 6. The van der Waals surface area contributed by atoms with E-state index >= 15 is 0 Å². The molecule has 2 unspecified atom stereocenters. The average molecular weight is 506 g/mol. The Morgan fingerprint density at radius 1 is 1.14 bits per heavy atom. The Kier molecular flexibility index (Phi) is 5.24. The SMILES string of the molecule is Cn1c(Nc2cccc(C3CC3CO)n2)nc2c1c(=O)n(Cc1cc3c(Cl)cccc3[nH]1)c(=O)n2C. The van der Waals surface area contributed by atoms with Crippen molar-refractivity contribution in [1.82, 2.24) is 28.7 Å². The summed E-state index contributed by atoms with van der Waals surface area (Å²) in [6.45, 7) is 0.220. The van der Waals surface area contributed by atoms with Crippen LogP contribution in [0.5, 0.6) is 0 Å². The lowest BCUT2D eigenvalue weighted by Crippen LogP contribution is -2.39. The number of imidazole rings is 1. The lowest BCUT2D eigenvalue weighted by atomic mass is 10.2. The summed E-state index contributed by atoms with van der Waals surface area (Å²) in [5.74, 6) is 1.48. The average Bonchev–Trinajstić information content (AvgIpc) is 3.44. The fraction of sp³-hybridized carbons (Fsp3) is 0.280. The highest BCUT2D eigenvalue weighted by Crippen LogP contribution is 2.46. The van der Waals surface area contributed by atoms with Gasteiger partial charge < -0.3 is 20.0 Å². The fourth-order valence-corrected chi connectivity index (χ4v) is 5.01. The van der Waals surface area contributed by atoms with Crippen LogP contribution in [-0.4, -0.2) is 40.4 Å². The predicted molar refractivity (Wildman–Crippen MR) is 138 cm³/mol. The molecule has 0 amide bonds. The molecule has 184 valence electrons. The van der Waals surface area contributed by atoms with E-state index in [4.69, 9.17) is 11.6 Å². The van der Waals surface area contributed by atoms with Gasteiger partial charge in [0.25, 0.3) is 5.56 Å². The summed E-state index contributed by atoms with van der Waals surface area (Å²) < 4.78 is 4.20. The van der Waals surface area contributed by atoms with Crippen molar-refractivity contribution in [3.05, 3.63) is 79.7 Å². The van der Waals surface area contributed by atoms with Gasteiger partial charge in [-0.3, -0.25) is 13.9 Å². The van der Waals surface area contributed by atoms with Crippen LogP contribution in [0, 0.1) is 5.92 Å². The summed E-state index contributed by atoms with van der Waals surface area (Å²) in [6, 6.07) is 13.0. The van der Waals surface area contributed by atoms with Crippen molar-refractivity contribution in [2.24, 2.45) is 20.0 Å². The predicted octanol–water partition coefficient (Wildman–Crippen LogP) is 2.85. The van der Waals surface area contributed by atoms with Crippen molar-refractivity contribution < 1.29 is 5.11 Å². The van der Waals surface area contributed by atoms with Crippen molar-refractivity contribution in [3.8, 4) is 0 Å². The Morgan fingerprint density at radius 3 is 2.69 bits per heavy atom. The second-order valence-corrected chi connectivity index (χ2v) is 9.66. The molecule has 11 heteroatoms. The number of aliphatic hydroxyl groups excluding tert-OH is 1. The Hall–Kier alpha value is -3.89. The van der Waals surface area contributed by atoms with Gasteiger partial charge in [0.05, 0.1) is 6.54 Å². The summed E-state index contributed by atoms with van der Waals surface area (Å²) in [4.78, 5) is 39.1. The van der Waals surface area contributed by atoms with E-state index in [-0.39, 0.29) is 30.6 Å². The number of fused-ring (bicyclic) bond motifs is 2. The summed E-state index contributed by atoms with van der Waals surface area (Å²) in [7, 11) is 3.32. The first-order valence-corrected chi connectivity index (χ1v) is 12.0. The standard InChI is InChI=1S/C25H24ClN7O3/c1-31-21-22(30-24(31)29-20-8-4-7-18(28-20)15-9-13(15)12-34)32(2)25(36)33(23(21)35)11-14-10-16-17(26)5-3-6-19(16)27-14/h3-8,10,13,15,27,34H,9,11-12H2,1-2H3,(H,28,29,30). The molecule has 3 N–H and O–H groups in total. The smallest absolute Gasteiger partial charge is 0.332 e. The molecule has 0 spiro atoms. The molecule has 0 saturated heterocycles. The summed E-state index contributed by atoms with van der Waals surface area (Å²) in [5, 5.41) is 14.0. The maximum atomic E-state index is 13.5. The largest absolute Gasteiger partial charge is 0.396 e. The fourth-order valence-electron chi connectivity index (χ4n) is 4.78. The minimum Gasteiger partial charge on any atom is -0.396 e. The number of anilines is 2. The molecular weight excluding hydrogens is 482 g/mol. The Morgan fingerprint density at radius 2 is 1.94 bits per heavy atom. The highest BCUT2D eigenvalue weighted by molar-refractivity contribution is 6.35. The van der Waals surface area contributed by atoms with E-state index in [1.807, 2.05) is 36.4 Å². The van der Waals surface area contributed by atoms with Crippen LogP contribution in [0.4, 0.5) is 11.8 Å². The first-order valence-electron chi connectivity index (χ1n) is 11.6. The van der Waals surface area contributed by atoms with Gasteiger partial charge in [-0.05, 0) is 42.7 Å². The van der Waals surface area contributed by atoms with Crippen LogP contribution in [0.15, 0.2) is 52.1 Å². The number of nitrogens with zero attached hydrogens (tertiary/aromatic N) is 5. The van der Waals surface area contributed by atoms with Crippen molar-refractivity contribution >= 4 is 45.4 Å². The van der Waals surface area contributed by atoms with E-state index in [9.17, 15) is 14.7 Å². The topological polar surface area (TPSA) is 123 Å². The second kappa shape index (κ2) is 8.35. The number of hydrogen-bond donors (Lipinski definition) is 3. The number of nitrogens with one attached hydrogen (secondary N) is 2. The van der Waals surface area contributed by atoms with E-state index in [1.165, 1.54) is 9.13 Å². The highest BCUT2D eigenvalue weighted by atomic mass is 35.5. The number of benzene rings is 1. The van der Waals surface area contributed by atoms with E-state index in [1.54, 1.807) is 24.7 Å². The molecule has 0 radical (unpaired) electrons. The summed E-state index contributed by atoms with van der Waals surface area (Å²) >= 11 is 6.29. The van der Waals surface area contributed by atoms with Gasteiger partial charge in [0.15, 0.2) is 11.2 Å². The maximum Gasteiger partial charge on any atom is 0.332 e. The number of hydrogen-bond acceptors (Lipinski definition) is 6. The normalized spacial score (nSPS) is 17.2. The van der Waals surface area contributed by atoms with Gasteiger partial charge in [0, 0.05) is 53.9 Å². The van der Waals surface area contributed by atoms with Gasteiger partial charge in [-0.2, -0.15) is 4.98 Å². The van der Waals surface area contributed by atoms with Crippen LogP contribution in [-0.2, 0) is 20.6 Å². The third kappa shape index (κ3) is 3.61. The van der Waals surface area contributed by atoms with Crippen molar-refractivity contribution in [2.75, 3.05) is 11.9 Å². The number of pyridine rings is 1. The van der Waals surface area contributed by atoms with Crippen LogP contribution < -0.4 is 16.6 Å². The Labute approximate surface area is 209 Å². The number of aromatic amines is 1. The van der Waals surface area contributed by atoms with Crippen LogP contribution in [0.1, 0.15) is 23.7 Å². The van der Waals surface area contributed by atoms with Gasteiger partial charge in [-0.25, -0.2) is 9.78 Å². The summed E-state index contributed by atoms with van der Waals surface area (Å²) in [6.07, 6.45) is 0.920. The van der Waals surface area contributed by atoms with Crippen LogP contribution in [0.2, 0.25) is 5.02 Å². The number of aryl methyl sites for hydroxylation is 2. The van der Waals surface area contributed by atoms with Gasteiger partial charge in [-0.15, -0.1) is 0 Å². The zero-order valence-electron chi connectivity index (χ0n) is 19.7. The van der Waals surface area contributed by atoms with E-state index in [2.05, 4.69) is 20.3 Å². The third-order valence-electron chi connectivity index (χ3n) is 6.90. The molecule has 1 saturated carbocycles. The number of aliphatic hydroxyl groups is 1. The molecule has 1 aliphatic rings. The van der Waals surface area contributed by atoms with E-state index in [0.29, 0.717) is 28.0 Å². The lowest BCUT2D eigenvalue weighted by molar-refractivity contribution is 0.273. The van der Waals surface area contributed by atoms with E-state index in [0.717, 1.165) is 23.0 Å². The minimum atomic E-state index is -0.467. The number of H-pyrrole nitrogens is 1. The molecule has 1 fully saturated rings. The monoisotopic (exact) mass is 505 g/mol. The zero-order valence-corrected chi connectivity index (χ0v) is 20.5. The molecule has 1 aliphatic carbocycles. The van der Waals surface area contributed by atoms with Gasteiger partial charge >= 0.3 is 5.69 Å².